The number of carbonyl (C=O) groups excluding carboxylic acids is 1. The quantitative estimate of drug-likeness (QED) is 0.845. The van der Waals surface area contributed by atoms with E-state index in [9.17, 15) is 4.79 Å². The summed E-state index contributed by atoms with van der Waals surface area (Å²) in [4.78, 5) is 12.3. The second-order valence-electron chi connectivity index (χ2n) is 5.39. The highest BCUT2D eigenvalue weighted by Gasteiger charge is 2.19. The molecule has 1 unspecified atom stereocenters. The molecule has 1 aromatic heterocycles. The molecular weight excluding hydrogens is 226 g/mol. The largest absolute Gasteiger partial charge is 0.397 e. The van der Waals surface area contributed by atoms with Crippen molar-refractivity contribution in [1.29, 1.82) is 0 Å². The van der Waals surface area contributed by atoms with Crippen molar-refractivity contribution >= 4 is 11.6 Å². The Labute approximate surface area is 110 Å². The first-order chi connectivity index (χ1) is 8.36. The zero-order valence-electron chi connectivity index (χ0n) is 12.0. The molecule has 0 aliphatic carbocycles. The Bertz CT molecular complexity index is 407. The number of aromatic nitrogens is 1. The number of hydrogen-bond acceptors (Lipinski definition) is 2. The first-order valence-corrected chi connectivity index (χ1v) is 6.65. The van der Waals surface area contributed by atoms with Gasteiger partial charge in [-0.15, -0.1) is 0 Å². The highest BCUT2D eigenvalue weighted by Crippen LogP contribution is 2.17. The number of nitrogen functional groups attached to an aromatic ring is 1. The van der Waals surface area contributed by atoms with Crippen LogP contribution in [0.4, 0.5) is 5.69 Å². The van der Waals surface area contributed by atoms with Gasteiger partial charge in [0.1, 0.15) is 5.69 Å². The van der Waals surface area contributed by atoms with Gasteiger partial charge < -0.3 is 15.6 Å². The van der Waals surface area contributed by atoms with E-state index in [1.807, 2.05) is 24.6 Å². The molecule has 4 heteroatoms. The molecule has 0 radical (unpaired) electrons. The average Bonchev–Trinajstić information content (AvgIpc) is 2.67. The Kier molecular flexibility index (Phi) is 4.82. The van der Waals surface area contributed by atoms with Crippen molar-refractivity contribution in [3.8, 4) is 0 Å². The van der Waals surface area contributed by atoms with Crippen LogP contribution in [0.1, 0.15) is 57.6 Å². The van der Waals surface area contributed by atoms with Gasteiger partial charge in [0.05, 0.1) is 5.69 Å². The molecule has 102 valence electrons. The van der Waals surface area contributed by atoms with Crippen LogP contribution in [0.3, 0.4) is 0 Å². The smallest absolute Gasteiger partial charge is 0.268 e. The van der Waals surface area contributed by atoms with E-state index in [4.69, 9.17) is 5.73 Å². The predicted octanol–water partition coefficient (Wildman–Crippen LogP) is 2.82. The summed E-state index contributed by atoms with van der Waals surface area (Å²) in [7, 11) is 0. The van der Waals surface area contributed by atoms with E-state index in [0.717, 1.165) is 6.42 Å². The maximum absolute atomic E-state index is 12.3. The SMILES string of the molecule is CCC(NC(=O)c1cc(N)cn1C(C)C)C(C)C. The summed E-state index contributed by atoms with van der Waals surface area (Å²) < 4.78 is 1.91. The molecule has 0 saturated carbocycles. The van der Waals surface area contributed by atoms with Gasteiger partial charge in [-0.1, -0.05) is 20.8 Å². The fourth-order valence-electron chi connectivity index (χ4n) is 2.09. The molecule has 1 amide bonds. The zero-order valence-corrected chi connectivity index (χ0v) is 12.0. The standard InChI is InChI=1S/C14H25N3O/c1-6-12(9(2)3)16-14(18)13-7-11(15)8-17(13)10(4)5/h7-10,12H,6,15H2,1-5H3,(H,16,18). The van der Waals surface area contributed by atoms with Crippen LogP contribution in [0.25, 0.3) is 0 Å². The highest BCUT2D eigenvalue weighted by molar-refractivity contribution is 5.94. The van der Waals surface area contributed by atoms with Gasteiger partial charge in [-0.2, -0.15) is 0 Å². The summed E-state index contributed by atoms with van der Waals surface area (Å²) in [5, 5.41) is 3.08. The van der Waals surface area contributed by atoms with E-state index < -0.39 is 0 Å². The van der Waals surface area contributed by atoms with Crippen LogP contribution in [0, 0.1) is 5.92 Å². The lowest BCUT2D eigenvalue weighted by Crippen LogP contribution is -2.39. The molecule has 0 aliphatic heterocycles. The van der Waals surface area contributed by atoms with Crippen molar-refractivity contribution in [1.82, 2.24) is 9.88 Å². The van der Waals surface area contributed by atoms with Gasteiger partial charge in [0.15, 0.2) is 0 Å². The predicted molar refractivity (Wildman–Crippen MR) is 75.6 cm³/mol. The highest BCUT2D eigenvalue weighted by atomic mass is 16.2. The lowest BCUT2D eigenvalue weighted by Gasteiger charge is -2.21. The van der Waals surface area contributed by atoms with E-state index in [2.05, 4.69) is 26.1 Å². The second-order valence-corrected chi connectivity index (χ2v) is 5.39. The molecule has 1 aromatic rings. The second kappa shape index (κ2) is 5.94. The molecule has 18 heavy (non-hydrogen) atoms. The molecule has 0 bridgehead atoms. The van der Waals surface area contributed by atoms with Crippen molar-refractivity contribution in [3.63, 3.8) is 0 Å². The molecule has 3 N–H and O–H groups in total. The molecule has 0 aliphatic rings. The maximum atomic E-state index is 12.3. The summed E-state index contributed by atoms with van der Waals surface area (Å²) in [6.45, 7) is 10.4. The Morgan fingerprint density at radius 2 is 2.00 bits per heavy atom. The lowest BCUT2D eigenvalue weighted by molar-refractivity contribution is 0.0913. The third-order valence-electron chi connectivity index (χ3n) is 3.22. The number of hydrogen-bond donors (Lipinski definition) is 2. The summed E-state index contributed by atoms with van der Waals surface area (Å²) >= 11 is 0. The minimum Gasteiger partial charge on any atom is -0.397 e. The molecule has 1 rings (SSSR count). The van der Waals surface area contributed by atoms with Gasteiger partial charge in [-0.05, 0) is 32.3 Å². The summed E-state index contributed by atoms with van der Waals surface area (Å²) in [6.07, 6.45) is 2.75. The summed E-state index contributed by atoms with van der Waals surface area (Å²) in [6, 6.07) is 2.17. The first-order valence-electron chi connectivity index (χ1n) is 6.65. The molecule has 0 saturated heterocycles. The van der Waals surface area contributed by atoms with Gasteiger partial charge >= 0.3 is 0 Å². The van der Waals surface area contributed by atoms with Gasteiger partial charge in [-0.25, -0.2) is 0 Å². The third-order valence-corrected chi connectivity index (χ3v) is 3.22. The Balaban J connectivity index is 2.90. The van der Waals surface area contributed by atoms with Crippen molar-refractivity contribution in [3.05, 3.63) is 18.0 Å². The number of amides is 1. The molecule has 0 spiro atoms. The van der Waals surface area contributed by atoms with Crippen LogP contribution < -0.4 is 11.1 Å². The molecule has 1 heterocycles. The number of nitrogens with one attached hydrogen (secondary N) is 1. The van der Waals surface area contributed by atoms with E-state index in [1.54, 1.807) is 6.07 Å². The van der Waals surface area contributed by atoms with E-state index in [-0.39, 0.29) is 18.0 Å². The number of anilines is 1. The average molecular weight is 251 g/mol. The van der Waals surface area contributed by atoms with E-state index in [0.29, 0.717) is 17.3 Å². The van der Waals surface area contributed by atoms with Crippen LogP contribution >= 0.6 is 0 Å². The van der Waals surface area contributed by atoms with Crippen LogP contribution in [-0.4, -0.2) is 16.5 Å². The van der Waals surface area contributed by atoms with Gasteiger partial charge in [-0.3, -0.25) is 4.79 Å². The van der Waals surface area contributed by atoms with E-state index in [1.165, 1.54) is 0 Å². The number of nitrogens with zero attached hydrogens (tertiary/aromatic N) is 1. The molecule has 0 fully saturated rings. The van der Waals surface area contributed by atoms with E-state index >= 15 is 0 Å². The van der Waals surface area contributed by atoms with Crippen molar-refractivity contribution in [2.24, 2.45) is 5.92 Å². The third kappa shape index (κ3) is 3.28. The van der Waals surface area contributed by atoms with Crippen LogP contribution in [0.15, 0.2) is 12.3 Å². The number of rotatable bonds is 5. The zero-order chi connectivity index (χ0) is 13.9. The fourth-order valence-corrected chi connectivity index (χ4v) is 2.09. The minimum absolute atomic E-state index is 0.0408. The molecular formula is C14H25N3O. The van der Waals surface area contributed by atoms with Crippen molar-refractivity contribution in [2.45, 2.75) is 53.1 Å². The Morgan fingerprint density at radius 3 is 2.44 bits per heavy atom. The number of carbonyl (C=O) groups is 1. The fraction of sp³-hybridized carbons (Fsp3) is 0.643. The normalized spacial score (nSPS) is 13.1. The van der Waals surface area contributed by atoms with Crippen molar-refractivity contribution in [2.75, 3.05) is 5.73 Å². The van der Waals surface area contributed by atoms with Crippen LogP contribution in [0.5, 0.6) is 0 Å². The summed E-state index contributed by atoms with van der Waals surface area (Å²) in [5.41, 5.74) is 7.05. The Hall–Kier alpha value is -1.45. The van der Waals surface area contributed by atoms with Crippen LogP contribution in [0.2, 0.25) is 0 Å². The topological polar surface area (TPSA) is 60.1 Å². The van der Waals surface area contributed by atoms with Gasteiger partial charge in [0.2, 0.25) is 0 Å². The minimum atomic E-state index is -0.0408. The first kappa shape index (κ1) is 14.6. The van der Waals surface area contributed by atoms with Crippen molar-refractivity contribution < 1.29 is 4.79 Å². The molecule has 4 nitrogen and oxygen atoms in total. The maximum Gasteiger partial charge on any atom is 0.268 e. The van der Waals surface area contributed by atoms with Gasteiger partial charge in [0, 0.05) is 18.3 Å². The summed E-state index contributed by atoms with van der Waals surface area (Å²) in [5.74, 6) is 0.389. The molecule has 0 aromatic carbocycles. The number of nitrogens with two attached hydrogens (primary N) is 1. The Morgan fingerprint density at radius 1 is 1.39 bits per heavy atom. The monoisotopic (exact) mass is 251 g/mol. The molecule has 1 atom stereocenters. The van der Waals surface area contributed by atoms with Crippen LogP contribution in [-0.2, 0) is 0 Å². The van der Waals surface area contributed by atoms with Gasteiger partial charge in [0.25, 0.3) is 5.91 Å². The lowest BCUT2D eigenvalue weighted by atomic mass is 10.0.